The number of amides is 1. The molecule has 3 rings (SSSR count). The van der Waals surface area contributed by atoms with Crippen molar-refractivity contribution in [3.63, 3.8) is 0 Å². The van der Waals surface area contributed by atoms with Gasteiger partial charge in [0, 0.05) is 44.0 Å². The molecule has 1 saturated carbocycles. The summed E-state index contributed by atoms with van der Waals surface area (Å²) in [4.78, 5) is 16.8. The van der Waals surface area contributed by atoms with E-state index in [9.17, 15) is 13.2 Å². The molecule has 1 amide bonds. The van der Waals surface area contributed by atoms with Crippen LogP contribution in [-0.2, 0) is 14.6 Å². The molecule has 2 aliphatic rings. The van der Waals surface area contributed by atoms with Crippen molar-refractivity contribution in [1.82, 2.24) is 4.90 Å². The maximum absolute atomic E-state index is 12.2. The third-order valence-corrected chi connectivity index (χ3v) is 5.98. The molecule has 1 atom stereocenters. The van der Waals surface area contributed by atoms with Crippen molar-refractivity contribution in [3.8, 4) is 0 Å². The number of carbonyl (C=O) groups is 1. The van der Waals surface area contributed by atoms with Crippen LogP contribution in [0, 0.1) is 5.92 Å². The molecule has 1 aliphatic heterocycles. The number of hydrogen-bond acceptors (Lipinski definition) is 4. The van der Waals surface area contributed by atoms with Crippen molar-refractivity contribution in [2.24, 2.45) is 5.92 Å². The first-order valence-corrected chi connectivity index (χ1v) is 10.1. The Labute approximate surface area is 138 Å². The molecule has 0 bridgehead atoms. The Morgan fingerprint density at radius 1 is 1.17 bits per heavy atom. The van der Waals surface area contributed by atoms with E-state index in [1.54, 1.807) is 12.1 Å². The summed E-state index contributed by atoms with van der Waals surface area (Å²) in [5.74, 6) is 0.536. The molecule has 1 aromatic carbocycles. The average Bonchev–Trinajstić information content (AvgIpc) is 3.38. The number of sulfone groups is 1. The summed E-state index contributed by atoms with van der Waals surface area (Å²) in [5, 5.41) is 0. The number of anilines is 1. The van der Waals surface area contributed by atoms with Gasteiger partial charge >= 0.3 is 0 Å². The predicted molar refractivity (Wildman–Crippen MR) is 90.3 cm³/mol. The summed E-state index contributed by atoms with van der Waals surface area (Å²) >= 11 is 0. The van der Waals surface area contributed by atoms with Gasteiger partial charge in [0.15, 0.2) is 9.84 Å². The molecule has 5 nitrogen and oxygen atoms in total. The van der Waals surface area contributed by atoms with E-state index in [4.69, 9.17) is 0 Å². The maximum Gasteiger partial charge on any atom is 0.225 e. The molecular weight excluding hydrogens is 312 g/mol. The van der Waals surface area contributed by atoms with E-state index < -0.39 is 9.84 Å². The lowest BCUT2D eigenvalue weighted by atomic mass is 10.0. The van der Waals surface area contributed by atoms with E-state index in [0.717, 1.165) is 44.5 Å². The molecule has 0 N–H and O–H groups in total. The summed E-state index contributed by atoms with van der Waals surface area (Å²) in [5.41, 5.74) is 1.02. The zero-order valence-electron chi connectivity index (χ0n) is 13.7. The van der Waals surface area contributed by atoms with E-state index in [-0.39, 0.29) is 17.9 Å². The Kier molecular flexibility index (Phi) is 4.36. The van der Waals surface area contributed by atoms with E-state index in [2.05, 4.69) is 4.90 Å². The summed E-state index contributed by atoms with van der Waals surface area (Å²) in [6.07, 6.45) is 5.37. The quantitative estimate of drug-likeness (QED) is 0.843. The van der Waals surface area contributed by atoms with Gasteiger partial charge in [-0.3, -0.25) is 4.79 Å². The van der Waals surface area contributed by atoms with Gasteiger partial charge in [0.05, 0.1) is 4.90 Å². The predicted octanol–water partition coefficient (Wildman–Crippen LogP) is 1.93. The zero-order chi connectivity index (χ0) is 16.6. The number of hydrogen-bond donors (Lipinski definition) is 0. The Bertz CT molecular complexity index is 680. The fraction of sp³-hybridized carbons (Fsp3) is 0.588. The Hall–Kier alpha value is -1.56. The van der Waals surface area contributed by atoms with Crippen LogP contribution in [0.4, 0.5) is 5.69 Å². The van der Waals surface area contributed by atoms with Crippen molar-refractivity contribution in [2.45, 2.75) is 36.6 Å². The molecule has 126 valence electrons. The van der Waals surface area contributed by atoms with Gasteiger partial charge in [-0.2, -0.15) is 0 Å². The first-order valence-electron chi connectivity index (χ1n) is 8.18. The van der Waals surface area contributed by atoms with Crippen LogP contribution in [-0.4, -0.2) is 51.7 Å². The number of benzene rings is 1. The average molecular weight is 336 g/mol. The normalized spacial score (nSPS) is 22.0. The van der Waals surface area contributed by atoms with Crippen molar-refractivity contribution in [2.75, 3.05) is 31.3 Å². The molecule has 1 unspecified atom stereocenters. The second kappa shape index (κ2) is 6.15. The highest BCUT2D eigenvalue weighted by atomic mass is 32.2. The molecule has 23 heavy (non-hydrogen) atoms. The molecule has 1 aromatic rings. The number of piperidine rings is 1. The molecule has 6 heteroatoms. The van der Waals surface area contributed by atoms with Gasteiger partial charge in [-0.15, -0.1) is 0 Å². The fourth-order valence-corrected chi connectivity index (χ4v) is 3.84. The van der Waals surface area contributed by atoms with Crippen molar-refractivity contribution >= 4 is 21.4 Å². The second-order valence-electron chi connectivity index (χ2n) is 6.73. The van der Waals surface area contributed by atoms with Crippen LogP contribution >= 0.6 is 0 Å². The Morgan fingerprint density at radius 2 is 1.83 bits per heavy atom. The summed E-state index contributed by atoms with van der Waals surface area (Å²) in [7, 11) is -1.24. The van der Waals surface area contributed by atoms with Crippen LogP contribution in [0.15, 0.2) is 29.2 Å². The summed E-state index contributed by atoms with van der Waals surface area (Å²) in [6.45, 7) is 1.76. The van der Waals surface area contributed by atoms with Crippen LogP contribution in [0.1, 0.15) is 25.7 Å². The van der Waals surface area contributed by atoms with E-state index in [1.165, 1.54) is 6.26 Å². The largest absolute Gasteiger partial charge is 0.369 e. The highest BCUT2D eigenvalue weighted by molar-refractivity contribution is 7.90. The fourth-order valence-electron chi connectivity index (χ4n) is 3.21. The standard InChI is InChI=1S/C17H24N2O3S/c1-18(17(20)13-5-6-13)15-4-3-11-19(12-15)14-7-9-16(10-8-14)23(2,21)22/h7-10,13,15H,3-6,11-12H2,1-2H3. The number of likely N-dealkylation sites (N-methyl/N-ethyl adjacent to an activating group) is 1. The van der Waals surface area contributed by atoms with Crippen molar-refractivity contribution in [3.05, 3.63) is 24.3 Å². The monoisotopic (exact) mass is 336 g/mol. The van der Waals surface area contributed by atoms with Gasteiger partial charge in [0.25, 0.3) is 0 Å². The summed E-state index contributed by atoms with van der Waals surface area (Å²) < 4.78 is 23.1. The minimum atomic E-state index is -3.16. The van der Waals surface area contributed by atoms with Gasteiger partial charge in [-0.1, -0.05) is 0 Å². The zero-order valence-corrected chi connectivity index (χ0v) is 14.6. The lowest BCUT2D eigenvalue weighted by molar-refractivity contribution is -0.133. The maximum atomic E-state index is 12.2. The number of nitrogens with zero attached hydrogens (tertiary/aromatic N) is 2. The lowest BCUT2D eigenvalue weighted by Crippen LogP contribution is -2.49. The molecule has 0 radical (unpaired) electrons. The molecular formula is C17H24N2O3S. The van der Waals surface area contributed by atoms with Crippen molar-refractivity contribution < 1.29 is 13.2 Å². The first-order chi connectivity index (χ1) is 10.9. The minimum absolute atomic E-state index is 0.242. The topological polar surface area (TPSA) is 57.7 Å². The highest BCUT2D eigenvalue weighted by Crippen LogP contribution is 2.32. The Morgan fingerprint density at radius 3 is 2.39 bits per heavy atom. The van der Waals surface area contributed by atoms with Gasteiger partial charge in [-0.25, -0.2) is 8.42 Å². The van der Waals surface area contributed by atoms with Gasteiger partial charge in [-0.05, 0) is 49.9 Å². The summed E-state index contributed by atoms with van der Waals surface area (Å²) in [6, 6.07) is 7.29. The number of rotatable bonds is 4. The van der Waals surface area contributed by atoms with Gasteiger partial charge < -0.3 is 9.80 Å². The minimum Gasteiger partial charge on any atom is -0.369 e. The van der Waals surface area contributed by atoms with Crippen LogP contribution in [0.5, 0.6) is 0 Å². The van der Waals surface area contributed by atoms with E-state index in [0.29, 0.717) is 4.90 Å². The van der Waals surface area contributed by atoms with Crippen LogP contribution < -0.4 is 4.90 Å². The van der Waals surface area contributed by atoms with Gasteiger partial charge in [0.1, 0.15) is 0 Å². The third-order valence-electron chi connectivity index (χ3n) is 4.85. The highest BCUT2D eigenvalue weighted by Gasteiger charge is 2.35. The molecule has 1 heterocycles. The smallest absolute Gasteiger partial charge is 0.225 e. The van der Waals surface area contributed by atoms with Crippen molar-refractivity contribution in [1.29, 1.82) is 0 Å². The second-order valence-corrected chi connectivity index (χ2v) is 8.75. The SMILES string of the molecule is CN(C(=O)C1CC1)C1CCCN(c2ccc(S(C)(=O)=O)cc2)C1. The molecule has 0 aromatic heterocycles. The third kappa shape index (κ3) is 3.68. The first kappa shape index (κ1) is 16.3. The van der Waals surface area contributed by atoms with Crippen LogP contribution in [0.3, 0.4) is 0 Å². The molecule has 0 spiro atoms. The van der Waals surface area contributed by atoms with Crippen LogP contribution in [0.25, 0.3) is 0 Å². The Balaban J connectivity index is 1.69. The van der Waals surface area contributed by atoms with Crippen LogP contribution in [0.2, 0.25) is 0 Å². The molecule has 1 saturated heterocycles. The lowest BCUT2D eigenvalue weighted by Gasteiger charge is -2.39. The van der Waals surface area contributed by atoms with Gasteiger partial charge in [0.2, 0.25) is 5.91 Å². The van der Waals surface area contributed by atoms with E-state index in [1.807, 2.05) is 24.1 Å². The van der Waals surface area contributed by atoms with E-state index >= 15 is 0 Å². The molecule has 1 aliphatic carbocycles. The molecule has 2 fully saturated rings. The number of carbonyl (C=O) groups excluding carboxylic acids is 1.